The molecule has 2 heterocycles. The summed E-state index contributed by atoms with van der Waals surface area (Å²) in [6.45, 7) is 3.15. The Morgan fingerprint density at radius 3 is 2.47 bits per heavy atom. The molecule has 1 aliphatic rings. The van der Waals surface area contributed by atoms with E-state index in [0.717, 1.165) is 19.6 Å². The van der Waals surface area contributed by atoms with Crippen LogP contribution in [0.1, 0.15) is 16.7 Å². The van der Waals surface area contributed by atoms with Gasteiger partial charge in [0.15, 0.2) is 0 Å². The number of nitrogens with zero attached hydrogens (tertiary/aromatic N) is 1. The summed E-state index contributed by atoms with van der Waals surface area (Å²) in [5.41, 5.74) is 5.59. The van der Waals surface area contributed by atoms with Crippen LogP contribution in [-0.4, -0.2) is 9.88 Å². The first-order chi connectivity index (χ1) is 9.40. The van der Waals surface area contributed by atoms with Gasteiger partial charge in [-0.25, -0.2) is 0 Å². The Labute approximate surface area is 112 Å². The van der Waals surface area contributed by atoms with E-state index in [1.54, 1.807) is 0 Å². The predicted octanol–water partition coefficient (Wildman–Crippen LogP) is 3.68. The summed E-state index contributed by atoms with van der Waals surface area (Å²) in [5, 5.41) is 1.35. The van der Waals surface area contributed by atoms with Crippen LogP contribution in [0.3, 0.4) is 0 Å². The Morgan fingerprint density at radius 1 is 0.895 bits per heavy atom. The Kier molecular flexibility index (Phi) is 2.42. The van der Waals surface area contributed by atoms with Gasteiger partial charge in [-0.05, 0) is 28.8 Å². The molecule has 0 saturated carbocycles. The van der Waals surface area contributed by atoms with Gasteiger partial charge in [-0.2, -0.15) is 0 Å². The zero-order valence-electron chi connectivity index (χ0n) is 10.8. The van der Waals surface area contributed by atoms with Gasteiger partial charge in [0.05, 0.1) is 0 Å². The second-order valence-electron chi connectivity index (χ2n) is 5.27. The van der Waals surface area contributed by atoms with Crippen LogP contribution in [0.2, 0.25) is 0 Å². The highest BCUT2D eigenvalue weighted by Gasteiger charge is 2.18. The smallest absolute Gasteiger partial charge is 0.0457 e. The molecule has 4 rings (SSSR count). The minimum atomic E-state index is 1.02. The molecule has 0 unspecified atom stereocenters. The molecule has 1 N–H and O–H groups in total. The van der Waals surface area contributed by atoms with Gasteiger partial charge in [0, 0.05) is 36.7 Å². The lowest BCUT2D eigenvalue weighted by molar-refractivity contribution is 0.276. The highest BCUT2D eigenvalue weighted by molar-refractivity contribution is 5.82. The summed E-state index contributed by atoms with van der Waals surface area (Å²) in [7, 11) is 0. The van der Waals surface area contributed by atoms with Crippen molar-refractivity contribution in [2.24, 2.45) is 0 Å². The largest absolute Gasteiger partial charge is 0.361 e. The fourth-order valence-electron chi connectivity index (χ4n) is 3.04. The quantitative estimate of drug-likeness (QED) is 0.733. The standard InChI is InChI=1S/C17H16N2/c1-2-5-14-11-19(10-13(14)4-1)12-15-6-3-7-17-16(15)8-9-18-17/h1-9,18H,10-12H2. The third-order valence-electron chi connectivity index (χ3n) is 3.99. The van der Waals surface area contributed by atoms with Gasteiger partial charge >= 0.3 is 0 Å². The van der Waals surface area contributed by atoms with Crippen molar-refractivity contribution in [3.63, 3.8) is 0 Å². The molecule has 0 radical (unpaired) electrons. The zero-order valence-corrected chi connectivity index (χ0v) is 10.8. The molecule has 0 saturated heterocycles. The second kappa shape index (κ2) is 4.25. The first kappa shape index (κ1) is 10.8. The van der Waals surface area contributed by atoms with E-state index in [2.05, 4.69) is 58.4 Å². The molecule has 1 aliphatic heterocycles. The molecular formula is C17H16N2. The number of benzene rings is 2. The molecule has 2 nitrogen and oxygen atoms in total. The summed E-state index contributed by atoms with van der Waals surface area (Å²) in [5.74, 6) is 0. The van der Waals surface area contributed by atoms with E-state index < -0.39 is 0 Å². The predicted molar refractivity (Wildman–Crippen MR) is 77.7 cm³/mol. The molecule has 0 aliphatic carbocycles. The number of hydrogen-bond acceptors (Lipinski definition) is 1. The molecule has 2 aromatic carbocycles. The first-order valence-electron chi connectivity index (χ1n) is 6.74. The zero-order chi connectivity index (χ0) is 12.7. The van der Waals surface area contributed by atoms with Gasteiger partial charge in [0.2, 0.25) is 0 Å². The lowest BCUT2D eigenvalue weighted by Gasteiger charge is -2.15. The Hall–Kier alpha value is -2.06. The van der Waals surface area contributed by atoms with E-state index in [0.29, 0.717) is 0 Å². The fraction of sp³-hybridized carbons (Fsp3) is 0.176. The molecule has 0 fully saturated rings. The van der Waals surface area contributed by atoms with Crippen molar-refractivity contribution < 1.29 is 0 Å². The van der Waals surface area contributed by atoms with E-state index in [-0.39, 0.29) is 0 Å². The topological polar surface area (TPSA) is 19.0 Å². The Balaban J connectivity index is 1.62. The summed E-state index contributed by atoms with van der Waals surface area (Å²) >= 11 is 0. The van der Waals surface area contributed by atoms with Gasteiger partial charge in [0.25, 0.3) is 0 Å². The van der Waals surface area contributed by atoms with Crippen LogP contribution in [0.4, 0.5) is 0 Å². The van der Waals surface area contributed by atoms with Crippen molar-refractivity contribution in [1.29, 1.82) is 0 Å². The van der Waals surface area contributed by atoms with Crippen molar-refractivity contribution >= 4 is 10.9 Å². The minimum absolute atomic E-state index is 1.02. The Morgan fingerprint density at radius 2 is 1.68 bits per heavy atom. The number of hydrogen-bond donors (Lipinski definition) is 1. The molecule has 0 atom stereocenters. The van der Waals surface area contributed by atoms with E-state index in [9.17, 15) is 0 Å². The monoisotopic (exact) mass is 248 g/mol. The number of nitrogens with one attached hydrogen (secondary N) is 1. The maximum absolute atomic E-state index is 3.28. The van der Waals surface area contributed by atoms with Crippen LogP contribution in [0.15, 0.2) is 54.7 Å². The summed E-state index contributed by atoms with van der Waals surface area (Å²) in [6, 6.07) is 17.4. The number of aromatic nitrogens is 1. The second-order valence-corrected chi connectivity index (χ2v) is 5.27. The summed E-state index contributed by atoms with van der Waals surface area (Å²) in [6.07, 6.45) is 2.02. The van der Waals surface area contributed by atoms with Gasteiger partial charge in [0.1, 0.15) is 0 Å². The SMILES string of the molecule is c1ccc2c(c1)CN(Cc1cccc3[nH]ccc13)C2. The van der Waals surface area contributed by atoms with Crippen molar-refractivity contribution in [2.75, 3.05) is 0 Å². The molecule has 3 aromatic rings. The van der Waals surface area contributed by atoms with E-state index >= 15 is 0 Å². The maximum Gasteiger partial charge on any atom is 0.0457 e. The van der Waals surface area contributed by atoms with Crippen LogP contribution in [0.25, 0.3) is 10.9 Å². The molecule has 0 spiro atoms. The van der Waals surface area contributed by atoms with Crippen LogP contribution in [-0.2, 0) is 19.6 Å². The van der Waals surface area contributed by atoms with Crippen molar-refractivity contribution in [1.82, 2.24) is 9.88 Å². The number of aromatic amines is 1. The minimum Gasteiger partial charge on any atom is -0.361 e. The van der Waals surface area contributed by atoms with Crippen LogP contribution >= 0.6 is 0 Å². The highest BCUT2D eigenvalue weighted by atomic mass is 15.1. The van der Waals surface area contributed by atoms with Crippen LogP contribution < -0.4 is 0 Å². The number of H-pyrrole nitrogens is 1. The van der Waals surface area contributed by atoms with E-state index in [1.165, 1.54) is 27.6 Å². The summed E-state index contributed by atoms with van der Waals surface area (Å²) < 4.78 is 0. The average Bonchev–Trinajstić information content (AvgIpc) is 3.04. The normalized spacial score (nSPS) is 14.9. The highest BCUT2D eigenvalue weighted by Crippen LogP contribution is 2.26. The number of fused-ring (bicyclic) bond motifs is 2. The van der Waals surface area contributed by atoms with Crippen LogP contribution in [0.5, 0.6) is 0 Å². The molecule has 2 heteroatoms. The van der Waals surface area contributed by atoms with Crippen molar-refractivity contribution in [3.8, 4) is 0 Å². The molecule has 1 aromatic heterocycles. The molecule has 19 heavy (non-hydrogen) atoms. The third-order valence-corrected chi connectivity index (χ3v) is 3.99. The first-order valence-corrected chi connectivity index (χ1v) is 6.74. The molecule has 94 valence electrons. The maximum atomic E-state index is 3.28. The average molecular weight is 248 g/mol. The van der Waals surface area contributed by atoms with Gasteiger partial charge in [-0.1, -0.05) is 36.4 Å². The van der Waals surface area contributed by atoms with Crippen LogP contribution in [0, 0.1) is 0 Å². The third kappa shape index (κ3) is 1.85. The van der Waals surface area contributed by atoms with Gasteiger partial charge < -0.3 is 4.98 Å². The fourth-order valence-corrected chi connectivity index (χ4v) is 3.04. The van der Waals surface area contributed by atoms with Crippen molar-refractivity contribution in [2.45, 2.75) is 19.6 Å². The van der Waals surface area contributed by atoms with E-state index in [1.807, 2.05) is 6.20 Å². The Bertz CT molecular complexity index is 702. The lowest BCUT2D eigenvalue weighted by atomic mass is 10.1. The van der Waals surface area contributed by atoms with Gasteiger partial charge in [-0.3, -0.25) is 4.90 Å². The van der Waals surface area contributed by atoms with Gasteiger partial charge in [-0.15, -0.1) is 0 Å². The van der Waals surface area contributed by atoms with E-state index in [4.69, 9.17) is 0 Å². The van der Waals surface area contributed by atoms with Crippen molar-refractivity contribution in [3.05, 3.63) is 71.4 Å². The molecule has 0 bridgehead atoms. The molecule has 0 amide bonds. The molecular weight excluding hydrogens is 232 g/mol. The number of rotatable bonds is 2. The lowest BCUT2D eigenvalue weighted by Crippen LogP contribution is -2.15. The summed E-state index contributed by atoms with van der Waals surface area (Å²) in [4.78, 5) is 5.79.